The highest BCUT2D eigenvalue weighted by atomic mass is 35.5. The van der Waals surface area contributed by atoms with Crippen LogP contribution in [0.4, 0.5) is 5.69 Å². The molecule has 2 aromatic rings. The van der Waals surface area contributed by atoms with Crippen LogP contribution in [0.3, 0.4) is 0 Å². The number of carboxylic acids is 1. The number of piperazine rings is 1. The first-order valence-corrected chi connectivity index (χ1v) is 12.5. The molecule has 14 heteroatoms. The molecule has 0 bridgehead atoms. The number of hydrogen-bond acceptors (Lipinski definition) is 7. The van der Waals surface area contributed by atoms with Crippen molar-refractivity contribution in [1.82, 2.24) is 14.9 Å². The topological polar surface area (TPSA) is 186 Å². The van der Waals surface area contributed by atoms with Gasteiger partial charge in [-0.05, 0) is 43.3 Å². The smallest absolute Gasteiger partial charge is 0.323 e. The Hall–Kier alpha value is -3.68. The van der Waals surface area contributed by atoms with Gasteiger partial charge in [-0.1, -0.05) is 17.7 Å². The van der Waals surface area contributed by atoms with E-state index in [2.05, 4.69) is 10.0 Å². The van der Waals surface area contributed by atoms with Crippen molar-refractivity contribution in [2.24, 2.45) is 5.73 Å². The maximum Gasteiger partial charge on any atom is 0.323 e. The number of sulfonamides is 1. The number of amidine groups is 1. The first kappa shape index (κ1) is 29.5. The number of nitrogens with zero attached hydrogens (tertiary/aromatic N) is 2. The molecule has 1 saturated heterocycles. The number of aryl methyl sites for hydroxylation is 1. The van der Waals surface area contributed by atoms with Gasteiger partial charge >= 0.3 is 5.97 Å². The van der Waals surface area contributed by atoms with Crippen molar-refractivity contribution in [3.05, 3.63) is 59.7 Å². The Bertz CT molecular complexity index is 1250. The van der Waals surface area contributed by atoms with Crippen molar-refractivity contribution >= 4 is 51.7 Å². The zero-order valence-corrected chi connectivity index (χ0v) is 21.6. The minimum Gasteiger partial charge on any atom is -0.480 e. The van der Waals surface area contributed by atoms with E-state index >= 15 is 0 Å². The summed E-state index contributed by atoms with van der Waals surface area (Å²) in [7, 11) is -4.12. The molecule has 0 aliphatic carbocycles. The number of carbonyl (C=O) groups excluding carboxylic acids is 2. The average molecular weight is 553 g/mol. The number of benzene rings is 2. The van der Waals surface area contributed by atoms with E-state index in [-0.39, 0.29) is 48.7 Å². The molecule has 200 valence electrons. The largest absolute Gasteiger partial charge is 0.480 e. The molecule has 2 amide bonds. The Labute approximate surface area is 220 Å². The Morgan fingerprint density at radius 2 is 1.73 bits per heavy atom. The normalized spacial score (nSPS) is 14.5. The number of halogens is 1. The summed E-state index contributed by atoms with van der Waals surface area (Å²) in [5.41, 5.74) is 7.65. The number of amides is 2. The first-order chi connectivity index (χ1) is 17.0. The number of nitrogen functional groups attached to an aromatic ring is 1. The molecule has 0 aromatic heterocycles. The number of anilines is 1. The standard InChI is InChI=1S/C23H28N6O6S.ClH/c1-15-2-8-18(9-3-15)36(34,35)27-19(23(32)33)12-26-20(30)13-29-11-10-28(14-21(29)31)17-6-4-16(5-7-17)22(24)25;/h2-9,19,27H,10-14H2,1H3,(H3,24,25)(H,26,30)(H,32,33);1H/t19-;/m0./s1. The van der Waals surface area contributed by atoms with Gasteiger partial charge in [0.2, 0.25) is 21.8 Å². The minimum absolute atomic E-state index is 0. The molecule has 12 nitrogen and oxygen atoms in total. The Morgan fingerprint density at radius 3 is 2.27 bits per heavy atom. The lowest BCUT2D eigenvalue weighted by atomic mass is 10.1. The van der Waals surface area contributed by atoms with E-state index in [4.69, 9.17) is 11.1 Å². The lowest BCUT2D eigenvalue weighted by Crippen LogP contribution is -2.54. The van der Waals surface area contributed by atoms with Crippen LogP contribution < -0.4 is 20.7 Å². The number of rotatable bonds is 10. The molecular weight excluding hydrogens is 524 g/mol. The zero-order valence-electron chi connectivity index (χ0n) is 20.0. The molecule has 6 N–H and O–H groups in total. The zero-order chi connectivity index (χ0) is 26.5. The summed E-state index contributed by atoms with van der Waals surface area (Å²) in [6.45, 7) is 1.79. The predicted octanol–water partition coefficient (Wildman–Crippen LogP) is -0.103. The van der Waals surface area contributed by atoms with Gasteiger partial charge in [0.15, 0.2) is 0 Å². The van der Waals surface area contributed by atoms with Crippen LogP contribution in [0.2, 0.25) is 0 Å². The maximum atomic E-state index is 12.6. The van der Waals surface area contributed by atoms with Gasteiger partial charge in [-0.15, -0.1) is 12.4 Å². The molecule has 3 rings (SSSR count). The maximum absolute atomic E-state index is 12.6. The van der Waals surface area contributed by atoms with Gasteiger partial charge in [0.25, 0.3) is 0 Å². The SMILES string of the molecule is Cc1ccc(S(=O)(=O)N[C@@H](CNC(=O)CN2CCN(c3ccc(C(=N)N)cc3)CC2=O)C(=O)O)cc1.Cl. The van der Waals surface area contributed by atoms with Crippen LogP contribution in [0, 0.1) is 12.3 Å². The van der Waals surface area contributed by atoms with Crippen molar-refractivity contribution in [3.63, 3.8) is 0 Å². The van der Waals surface area contributed by atoms with Gasteiger partial charge in [0.05, 0.1) is 18.0 Å². The van der Waals surface area contributed by atoms with Crippen LogP contribution in [0.1, 0.15) is 11.1 Å². The van der Waals surface area contributed by atoms with Crippen LogP contribution in [0.5, 0.6) is 0 Å². The summed E-state index contributed by atoms with van der Waals surface area (Å²) >= 11 is 0. The number of nitrogens with one attached hydrogen (secondary N) is 3. The Balaban J connectivity index is 0.00000481. The highest BCUT2D eigenvalue weighted by Crippen LogP contribution is 2.18. The third kappa shape index (κ3) is 7.90. The molecule has 1 aliphatic heterocycles. The van der Waals surface area contributed by atoms with Crippen LogP contribution >= 0.6 is 12.4 Å². The van der Waals surface area contributed by atoms with Crippen molar-refractivity contribution in [1.29, 1.82) is 5.41 Å². The second-order valence-corrected chi connectivity index (χ2v) is 10.0. The molecule has 0 unspecified atom stereocenters. The van der Waals surface area contributed by atoms with Crippen molar-refractivity contribution in [2.75, 3.05) is 37.6 Å². The monoisotopic (exact) mass is 552 g/mol. The number of nitrogens with two attached hydrogens (primary N) is 1. The molecular formula is C23H29ClN6O6S. The molecule has 1 atom stereocenters. The number of aliphatic carboxylic acids is 1. The number of carbonyl (C=O) groups is 3. The molecule has 0 spiro atoms. The van der Waals surface area contributed by atoms with Crippen LogP contribution in [0.25, 0.3) is 0 Å². The lowest BCUT2D eigenvalue weighted by Gasteiger charge is -2.35. The van der Waals surface area contributed by atoms with Crippen molar-refractivity contribution in [2.45, 2.75) is 17.9 Å². The summed E-state index contributed by atoms with van der Waals surface area (Å²) in [5.74, 6) is -2.40. The Morgan fingerprint density at radius 1 is 1.11 bits per heavy atom. The highest BCUT2D eigenvalue weighted by Gasteiger charge is 2.28. The third-order valence-corrected chi connectivity index (χ3v) is 7.11. The third-order valence-electron chi connectivity index (χ3n) is 5.63. The summed E-state index contributed by atoms with van der Waals surface area (Å²) < 4.78 is 27.1. The van der Waals surface area contributed by atoms with Gasteiger partial charge in [-0.3, -0.25) is 19.8 Å². The summed E-state index contributed by atoms with van der Waals surface area (Å²) in [4.78, 5) is 39.6. The summed E-state index contributed by atoms with van der Waals surface area (Å²) in [6.07, 6.45) is 0. The summed E-state index contributed by atoms with van der Waals surface area (Å²) in [6, 6.07) is 11.2. The van der Waals surface area contributed by atoms with E-state index < -0.39 is 34.5 Å². The molecule has 1 heterocycles. The fourth-order valence-electron chi connectivity index (χ4n) is 3.55. The lowest BCUT2D eigenvalue weighted by molar-refractivity contribution is -0.139. The van der Waals surface area contributed by atoms with E-state index in [1.807, 2.05) is 4.90 Å². The molecule has 37 heavy (non-hydrogen) atoms. The fourth-order valence-corrected chi connectivity index (χ4v) is 4.73. The predicted molar refractivity (Wildman–Crippen MR) is 139 cm³/mol. The van der Waals surface area contributed by atoms with E-state index in [1.165, 1.54) is 17.0 Å². The fraction of sp³-hybridized carbons (Fsp3) is 0.304. The first-order valence-electron chi connectivity index (χ1n) is 11.0. The quantitative estimate of drug-likeness (QED) is 0.199. The average Bonchev–Trinajstić information content (AvgIpc) is 2.83. The van der Waals surface area contributed by atoms with Crippen LogP contribution in [0.15, 0.2) is 53.4 Å². The van der Waals surface area contributed by atoms with Gasteiger partial charge in [-0.2, -0.15) is 4.72 Å². The molecule has 1 fully saturated rings. The van der Waals surface area contributed by atoms with Crippen LogP contribution in [-0.2, 0) is 24.4 Å². The van der Waals surface area contributed by atoms with Crippen LogP contribution in [-0.4, -0.2) is 80.8 Å². The van der Waals surface area contributed by atoms with Crippen molar-refractivity contribution < 1.29 is 27.9 Å². The van der Waals surface area contributed by atoms with E-state index in [1.54, 1.807) is 43.3 Å². The molecule has 0 saturated carbocycles. The minimum atomic E-state index is -4.12. The molecule has 2 aromatic carbocycles. The van der Waals surface area contributed by atoms with Gasteiger partial charge in [0.1, 0.15) is 11.9 Å². The Kier molecular flexibility index (Phi) is 10.00. The summed E-state index contributed by atoms with van der Waals surface area (Å²) in [5, 5.41) is 19.3. The van der Waals surface area contributed by atoms with E-state index in [9.17, 15) is 27.9 Å². The number of hydrogen-bond donors (Lipinski definition) is 5. The second kappa shape index (κ2) is 12.5. The van der Waals surface area contributed by atoms with Gasteiger partial charge in [0, 0.05) is 30.9 Å². The van der Waals surface area contributed by atoms with E-state index in [0.29, 0.717) is 12.1 Å². The molecule has 1 aliphatic rings. The van der Waals surface area contributed by atoms with E-state index in [0.717, 1.165) is 11.3 Å². The second-order valence-electron chi connectivity index (χ2n) is 8.33. The van der Waals surface area contributed by atoms with Gasteiger partial charge < -0.3 is 26.0 Å². The van der Waals surface area contributed by atoms with Crippen molar-refractivity contribution in [3.8, 4) is 0 Å². The number of carboxylic acid groups (broad SMARTS) is 1. The van der Waals surface area contributed by atoms with Gasteiger partial charge in [-0.25, -0.2) is 8.42 Å². The molecule has 0 radical (unpaired) electrons. The highest BCUT2D eigenvalue weighted by molar-refractivity contribution is 7.89.